The monoisotopic (exact) mass is 487 g/mol. The zero-order chi connectivity index (χ0) is 24.2. The quantitative estimate of drug-likeness (QED) is 0.520. The normalized spacial score (nSPS) is 31.6. The summed E-state index contributed by atoms with van der Waals surface area (Å²) < 4.78 is 22.8. The number of phenols is 1. The number of aromatic nitrogens is 1. The molecule has 3 aromatic rings. The Morgan fingerprint density at radius 1 is 1.22 bits per heavy atom. The van der Waals surface area contributed by atoms with Crippen LogP contribution in [0.5, 0.6) is 11.5 Å². The Kier molecular flexibility index (Phi) is 4.11. The lowest BCUT2D eigenvalue weighted by Crippen LogP contribution is -2.79. The van der Waals surface area contributed by atoms with Gasteiger partial charge in [0.05, 0.1) is 23.2 Å². The molecule has 2 bridgehead atoms. The largest absolute Gasteiger partial charge is 0.504 e. The molecule has 1 saturated carbocycles. The molecule has 1 aromatic heterocycles. The van der Waals surface area contributed by atoms with Crippen LogP contribution >= 0.6 is 0 Å². The number of halogens is 1. The number of aryl methyl sites for hydroxylation is 1. The fraction of sp³-hybridized carbons (Fsp3) is 0.483. The second kappa shape index (κ2) is 7.03. The number of likely N-dealkylation sites (tertiary alicyclic amines) is 1. The number of hydrogen-bond donors (Lipinski definition) is 2. The molecule has 8 rings (SSSR count). The Morgan fingerprint density at radius 2 is 2.08 bits per heavy atom. The van der Waals surface area contributed by atoms with Crippen molar-refractivity contribution in [1.82, 2.24) is 14.8 Å². The predicted octanol–water partition coefficient (Wildman–Crippen LogP) is 3.77. The lowest BCUT2D eigenvalue weighted by atomic mass is 9.47. The standard InChI is InChI=1S/C29H30FN3O3/c30-10-12-33-21-4-2-1-3-19(21)20-14-29(31-16-34)23-13-18-7-8-22(35)26-24(18)28(29,27(36-26)25(20)33)9-11-32(23)15-17-5-6-17/h1-4,7-8,16-17,23,27,35H,5-6,9-15H2,(H,31,34)/t23?,27-,28?,29+/m0/s1. The number of amides is 1. The second-order valence-electron chi connectivity index (χ2n) is 11.5. The van der Waals surface area contributed by atoms with Gasteiger partial charge in [-0.25, -0.2) is 4.39 Å². The summed E-state index contributed by atoms with van der Waals surface area (Å²) in [5.41, 5.74) is 4.33. The number of fused-ring (bicyclic) bond motifs is 4. The molecule has 2 N–H and O–H groups in total. The number of para-hydroxylation sites is 1. The third kappa shape index (κ3) is 2.34. The number of aromatic hydroxyl groups is 1. The van der Waals surface area contributed by atoms with Gasteiger partial charge in [-0.05, 0) is 61.4 Å². The van der Waals surface area contributed by atoms with Gasteiger partial charge in [0.2, 0.25) is 6.41 Å². The molecule has 2 unspecified atom stereocenters. The Bertz CT molecular complexity index is 1430. The Hall–Kier alpha value is -3.06. The van der Waals surface area contributed by atoms with Gasteiger partial charge in [-0.15, -0.1) is 0 Å². The van der Waals surface area contributed by atoms with Crippen LogP contribution in [-0.2, 0) is 29.6 Å². The number of nitrogens with one attached hydrogen (secondary N) is 1. The van der Waals surface area contributed by atoms with Gasteiger partial charge in [0, 0.05) is 35.5 Å². The number of alkyl halides is 1. The van der Waals surface area contributed by atoms with Crippen LogP contribution in [0.1, 0.15) is 47.8 Å². The van der Waals surface area contributed by atoms with Gasteiger partial charge >= 0.3 is 0 Å². The third-order valence-electron chi connectivity index (χ3n) is 10.0. The van der Waals surface area contributed by atoms with Crippen molar-refractivity contribution in [3.05, 3.63) is 58.8 Å². The molecule has 2 aliphatic heterocycles. The fourth-order valence-corrected chi connectivity index (χ4v) is 8.55. The summed E-state index contributed by atoms with van der Waals surface area (Å²) in [5.74, 6) is 1.44. The Labute approximate surface area is 209 Å². The van der Waals surface area contributed by atoms with E-state index in [9.17, 15) is 14.3 Å². The number of hydrogen-bond acceptors (Lipinski definition) is 4. The van der Waals surface area contributed by atoms with E-state index in [1.165, 1.54) is 18.4 Å². The van der Waals surface area contributed by atoms with Crippen LogP contribution in [-0.4, -0.2) is 52.3 Å². The van der Waals surface area contributed by atoms with E-state index in [-0.39, 0.29) is 18.3 Å². The van der Waals surface area contributed by atoms with Gasteiger partial charge < -0.3 is 19.7 Å². The van der Waals surface area contributed by atoms with E-state index in [4.69, 9.17) is 4.74 Å². The molecule has 3 aliphatic carbocycles. The summed E-state index contributed by atoms with van der Waals surface area (Å²) in [6, 6.07) is 12.1. The van der Waals surface area contributed by atoms with Crippen LogP contribution in [0, 0.1) is 5.92 Å². The van der Waals surface area contributed by atoms with Crippen molar-refractivity contribution in [1.29, 1.82) is 0 Å². The molecule has 2 fully saturated rings. The minimum Gasteiger partial charge on any atom is -0.504 e. The minimum absolute atomic E-state index is 0.127. The van der Waals surface area contributed by atoms with Crippen molar-refractivity contribution in [2.24, 2.45) is 5.92 Å². The zero-order valence-corrected chi connectivity index (χ0v) is 20.2. The highest BCUT2D eigenvalue weighted by Gasteiger charge is 2.73. The second-order valence-corrected chi connectivity index (χ2v) is 11.5. The summed E-state index contributed by atoms with van der Waals surface area (Å²) in [5, 5.41) is 15.5. The number of carbonyl (C=O) groups excluding carboxylic acids is 1. The van der Waals surface area contributed by atoms with Crippen molar-refractivity contribution in [3.63, 3.8) is 0 Å². The highest BCUT2D eigenvalue weighted by atomic mass is 19.1. The van der Waals surface area contributed by atoms with E-state index in [0.29, 0.717) is 12.2 Å². The topological polar surface area (TPSA) is 66.7 Å². The van der Waals surface area contributed by atoms with Crippen LogP contribution in [0.15, 0.2) is 36.4 Å². The van der Waals surface area contributed by atoms with E-state index >= 15 is 0 Å². The number of benzene rings is 2. The SMILES string of the molecule is O=CN[C@@]12Cc3c(n(CCF)c4ccccc34)[C@@H]3Oc4c(O)ccc5c4C31CCN(CC1CC1)C2C5. The summed E-state index contributed by atoms with van der Waals surface area (Å²) in [7, 11) is 0. The maximum atomic E-state index is 13.9. The summed E-state index contributed by atoms with van der Waals surface area (Å²) in [4.78, 5) is 15.0. The van der Waals surface area contributed by atoms with E-state index in [2.05, 4.69) is 26.9 Å². The predicted molar refractivity (Wildman–Crippen MR) is 133 cm³/mol. The molecule has 1 saturated heterocycles. The van der Waals surface area contributed by atoms with E-state index in [0.717, 1.165) is 66.0 Å². The number of nitrogens with zero attached hydrogens (tertiary/aromatic N) is 2. The van der Waals surface area contributed by atoms with Crippen LogP contribution in [0.3, 0.4) is 0 Å². The first-order valence-electron chi connectivity index (χ1n) is 13.3. The maximum absolute atomic E-state index is 13.9. The van der Waals surface area contributed by atoms with Crippen LogP contribution in [0.4, 0.5) is 4.39 Å². The van der Waals surface area contributed by atoms with Crippen LogP contribution < -0.4 is 10.1 Å². The molecular formula is C29H30FN3O3. The molecule has 1 spiro atoms. The van der Waals surface area contributed by atoms with E-state index < -0.39 is 23.7 Å². The molecule has 4 atom stereocenters. The maximum Gasteiger partial charge on any atom is 0.207 e. The number of piperidine rings is 1. The lowest BCUT2D eigenvalue weighted by molar-refractivity contribution is -0.121. The number of ether oxygens (including phenoxy) is 1. The molecular weight excluding hydrogens is 457 g/mol. The summed E-state index contributed by atoms with van der Waals surface area (Å²) in [6.07, 6.45) is 5.34. The Balaban J connectivity index is 1.46. The van der Waals surface area contributed by atoms with E-state index in [1.54, 1.807) is 6.07 Å². The average molecular weight is 488 g/mol. The first-order valence-corrected chi connectivity index (χ1v) is 13.3. The first-order chi connectivity index (χ1) is 17.6. The fourth-order valence-electron chi connectivity index (χ4n) is 8.55. The zero-order valence-electron chi connectivity index (χ0n) is 20.2. The van der Waals surface area contributed by atoms with Crippen molar-refractivity contribution in [3.8, 4) is 11.5 Å². The lowest BCUT2D eigenvalue weighted by Gasteiger charge is -2.65. The van der Waals surface area contributed by atoms with Crippen LogP contribution in [0.25, 0.3) is 10.9 Å². The highest BCUT2D eigenvalue weighted by Crippen LogP contribution is 2.69. The van der Waals surface area contributed by atoms with Crippen LogP contribution in [0.2, 0.25) is 0 Å². The Morgan fingerprint density at radius 3 is 2.89 bits per heavy atom. The molecule has 36 heavy (non-hydrogen) atoms. The van der Waals surface area contributed by atoms with Gasteiger partial charge in [-0.2, -0.15) is 0 Å². The molecule has 186 valence electrons. The summed E-state index contributed by atoms with van der Waals surface area (Å²) >= 11 is 0. The number of rotatable bonds is 6. The van der Waals surface area contributed by atoms with Gasteiger partial charge in [0.1, 0.15) is 6.67 Å². The van der Waals surface area contributed by atoms with Crippen molar-refractivity contribution >= 4 is 17.3 Å². The number of carbonyl (C=O) groups is 1. The molecule has 0 radical (unpaired) electrons. The van der Waals surface area contributed by atoms with Gasteiger partial charge in [-0.1, -0.05) is 24.3 Å². The van der Waals surface area contributed by atoms with Gasteiger partial charge in [-0.3, -0.25) is 9.69 Å². The third-order valence-corrected chi connectivity index (χ3v) is 10.0. The molecule has 5 aliphatic rings. The van der Waals surface area contributed by atoms with Crippen molar-refractivity contribution < 1.29 is 19.0 Å². The minimum atomic E-state index is -0.573. The van der Waals surface area contributed by atoms with E-state index in [1.807, 2.05) is 18.2 Å². The number of phenolic OH excluding ortho intramolecular Hbond substituents is 1. The molecule has 3 heterocycles. The van der Waals surface area contributed by atoms with Crippen molar-refractivity contribution in [2.75, 3.05) is 19.8 Å². The highest BCUT2D eigenvalue weighted by molar-refractivity contribution is 5.87. The molecule has 2 aromatic carbocycles. The van der Waals surface area contributed by atoms with Gasteiger partial charge in [0.25, 0.3) is 0 Å². The summed E-state index contributed by atoms with van der Waals surface area (Å²) in [6.45, 7) is 1.78. The average Bonchev–Trinajstić information content (AvgIpc) is 3.56. The molecule has 1 amide bonds. The molecule has 6 nitrogen and oxygen atoms in total. The van der Waals surface area contributed by atoms with Gasteiger partial charge in [0.15, 0.2) is 17.6 Å². The molecule has 7 heteroatoms. The van der Waals surface area contributed by atoms with Crippen molar-refractivity contribution in [2.45, 2.75) is 61.7 Å². The first kappa shape index (κ1) is 21.1. The smallest absolute Gasteiger partial charge is 0.207 e.